The average molecular weight is 339 g/mol. The maximum Gasteiger partial charge on any atom is 0.131 e. The Morgan fingerprint density at radius 1 is 1.08 bits per heavy atom. The number of anilines is 2. The van der Waals surface area contributed by atoms with Gasteiger partial charge in [-0.05, 0) is 31.4 Å². The molecular formula is C19H25N5O. The van der Waals surface area contributed by atoms with Gasteiger partial charge in [-0.2, -0.15) is 0 Å². The Morgan fingerprint density at radius 3 is 2.64 bits per heavy atom. The number of para-hydroxylation sites is 1. The van der Waals surface area contributed by atoms with Gasteiger partial charge >= 0.3 is 0 Å². The molecule has 132 valence electrons. The predicted octanol–water partition coefficient (Wildman–Crippen LogP) is 3.37. The lowest BCUT2D eigenvalue weighted by molar-refractivity contribution is 0.198. The van der Waals surface area contributed by atoms with E-state index in [1.807, 2.05) is 19.1 Å². The number of nitrogens with one attached hydrogen (secondary N) is 3. The Labute approximate surface area is 148 Å². The quantitative estimate of drug-likeness (QED) is 0.521. The van der Waals surface area contributed by atoms with Crippen molar-refractivity contribution in [2.45, 2.75) is 19.8 Å². The first-order chi connectivity index (χ1) is 12.3. The summed E-state index contributed by atoms with van der Waals surface area (Å²) in [5.74, 6) is 2.45. The van der Waals surface area contributed by atoms with Crippen LogP contribution >= 0.6 is 0 Å². The molecule has 0 aliphatic carbocycles. The van der Waals surface area contributed by atoms with Crippen LogP contribution in [0.1, 0.15) is 17.8 Å². The first-order valence-electron chi connectivity index (χ1n) is 8.63. The molecule has 0 amide bonds. The molecule has 6 nitrogen and oxygen atoms in total. The van der Waals surface area contributed by atoms with Crippen LogP contribution in [0, 0.1) is 6.92 Å². The number of rotatable bonds is 9. The van der Waals surface area contributed by atoms with Gasteiger partial charge in [0.2, 0.25) is 0 Å². The number of H-pyrrole nitrogens is 1. The van der Waals surface area contributed by atoms with E-state index < -0.39 is 0 Å². The van der Waals surface area contributed by atoms with Crippen LogP contribution in [0.15, 0.2) is 36.5 Å². The number of aromatic nitrogens is 3. The number of ether oxygens (including phenoxy) is 1. The van der Waals surface area contributed by atoms with E-state index in [1.165, 1.54) is 16.5 Å². The van der Waals surface area contributed by atoms with Gasteiger partial charge in [0, 0.05) is 50.0 Å². The molecule has 1 aromatic carbocycles. The van der Waals surface area contributed by atoms with Crippen molar-refractivity contribution in [3.05, 3.63) is 47.9 Å². The van der Waals surface area contributed by atoms with Crippen molar-refractivity contribution in [2.75, 3.05) is 37.4 Å². The molecule has 2 heterocycles. The van der Waals surface area contributed by atoms with Gasteiger partial charge in [-0.1, -0.05) is 18.2 Å². The Balaban J connectivity index is 1.56. The minimum absolute atomic E-state index is 0.743. The summed E-state index contributed by atoms with van der Waals surface area (Å²) in [5, 5.41) is 7.99. The summed E-state index contributed by atoms with van der Waals surface area (Å²) < 4.78 is 5.06. The number of methoxy groups -OCH3 is 1. The first kappa shape index (κ1) is 17.2. The van der Waals surface area contributed by atoms with Gasteiger partial charge < -0.3 is 20.4 Å². The second-order valence-corrected chi connectivity index (χ2v) is 6.00. The Hall–Kier alpha value is -2.60. The van der Waals surface area contributed by atoms with Gasteiger partial charge in [-0.25, -0.2) is 9.97 Å². The molecule has 0 spiro atoms. The van der Waals surface area contributed by atoms with Crippen LogP contribution in [0.3, 0.4) is 0 Å². The van der Waals surface area contributed by atoms with Gasteiger partial charge in [-0.3, -0.25) is 0 Å². The number of aryl methyl sites for hydroxylation is 1. The number of fused-ring (bicyclic) bond motifs is 1. The van der Waals surface area contributed by atoms with Crippen LogP contribution < -0.4 is 10.6 Å². The van der Waals surface area contributed by atoms with Gasteiger partial charge in [0.1, 0.15) is 17.5 Å². The maximum absolute atomic E-state index is 5.06. The molecule has 3 aromatic rings. The number of hydrogen-bond donors (Lipinski definition) is 3. The molecule has 0 radical (unpaired) electrons. The number of aromatic amines is 1. The average Bonchev–Trinajstić information content (AvgIpc) is 3.02. The van der Waals surface area contributed by atoms with Crippen molar-refractivity contribution >= 4 is 22.5 Å². The fraction of sp³-hybridized carbons (Fsp3) is 0.368. The topological polar surface area (TPSA) is 74.9 Å². The zero-order valence-electron chi connectivity index (χ0n) is 14.8. The molecule has 0 unspecified atom stereocenters. The molecule has 0 atom stereocenters. The minimum Gasteiger partial charge on any atom is -0.385 e. The van der Waals surface area contributed by atoms with E-state index in [0.717, 1.165) is 50.0 Å². The summed E-state index contributed by atoms with van der Waals surface area (Å²) in [5.41, 5.74) is 2.49. The molecular weight excluding hydrogens is 314 g/mol. The third kappa shape index (κ3) is 4.70. The summed E-state index contributed by atoms with van der Waals surface area (Å²) in [6.07, 6.45) is 3.97. The summed E-state index contributed by atoms with van der Waals surface area (Å²) in [4.78, 5) is 12.2. The molecule has 6 heteroatoms. The number of benzene rings is 1. The lowest BCUT2D eigenvalue weighted by Gasteiger charge is -2.10. The largest absolute Gasteiger partial charge is 0.385 e. The van der Waals surface area contributed by atoms with E-state index in [4.69, 9.17) is 4.74 Å². The van der Waals surface area contributed by atoms with Crippen molar-refractivity contribution in [1.29, 1.82) is 0 Å². The van der Waals surface area contributed by atoms with Crippen LogP contribution in [-0.4, -0.2) is 41.8 Å². The first-order valence-corrected chi connectivity index (χ1v) is 8.63. The molecule has 25 heavy (non-hydrogen) atoms. The van der Waals surface area contributed by atoms with Gasteiger partial charge in [-0.15, -0.1) is 0 Å². The third-order valence-corrected chi connectivity index (χ3v) is 4.04. The molecule has 0 saturated heterocycles. The molecule has 3 N–H and O–H groups in total. The maximum atomic E-state index is 5.06. The van der Waals surface area contributed by atoms with Crippen molar-refractivity contribution in [2.24, 2.45) is 0 Å². The smallest absolute Gasteiger partial charge is 0.131 e. The third-order valence-electron chi connectivity index (χ3n) is 4.04. The molecule has 3 rings (SSSR count). The zero-order chi connectivity index (χ0) is 17.5. The number of nitrogens with zero attached hydrogens (tertiary/aromatic N) is 2. The second-order valence-electron chi connectivity index (χ2n) is 6.00. The fourth-order valence-electron chi connectivity index (χ4n) is 2.85. The van der Waals surface area contributed by atoms with Crippen molar-refractivity contribution in [3.63, 3.8) is 0 Å². The lowest BCUT2D eigenvalue weighted by Crippen LogP contribution is -2.10. The van der Waals surface area contributed by atoms with Crippen LogP contribution in [0.25, 0.3) is 10.9 Å². The van der Waals surface area contributed by atoms with Crippen LogP contribution in [0.5, 0.6) is 0 Å². The zero-order valence-corrected chi connectivity index (χ0v) is 14.8. The highest BCUT2D eigenvalue weighted by molar-refractivity contribution is 5.83. The molecule has 2 aromatic heterocycles. The Bertz CT molecular complexity index is 814. The summed E-state index contributed by atoms with van der Waals surface area (Å²) in [6, 6.07) is 10.3. The number of hydrogen-bond acceptors (Lipinski definition) is 5. The normalized spacial score (nSPS) is 11.0. The van der Waals surface area contributed by atoms with E-state index in [9.17, 15) is 0 Å². The van der Waals surface area contributed by atoms with E-state index in [1.54, 1.807) is 7.11 Å². The summed E-state index contributed by atoms with van der Waals surface area (Å²) in [7, 11) is 1.71. The molecule has 0 aliphatic rings. The highest BCUT2D eigenvalue weighted by Crippen LogP contribution is 2.18. The lowest BCUT2D eigenvalue weighted by atomic mass is 10.1. The summed E-state index contributed by atoms with van der Waals surface area (Å²) in [6.45, 7) is 4.30. The molecule has 0 saturated carbocycles. The van der Waals surface area contributed by atoms with Crippen LogP contribution in [-0.2, 0) is 11.2 Å². The SMILES string of the molecule is COCCCNc1cc(NCCc2c[nH]c3ccccc23)nc(C)n1. The van der Waals surface area contributed by atoms with Gasteiger partial charge in [0.05, 0.1) is 0 Å². The van der Waals surface area contributed by atoms with Crippen molar-refractivity contribution in [3.8, 4) is 0 Å². The standard InChI is InChI=1S/C19H25N5O/c1-14-23-18(20-9-5-11-25-2)12-19(24-14)21-10-8-15-13-22-17-7-4-3-6-16(15)17/h3-4,6-7,12-13,22H,5,8-11H2,1-2H3,(H2,20,21,23,24). The van der Waals surface area contributed by atoms with Gasteiger partial charge in [0.15, 0.2) is 0 Å². The van der Waals surface area contributed by atoms with Crippen molar-refractivity contribution in [1.82, 2.24) is 15.0 Å². The fourth-order valence-corrected chi connectivity index (χ4v) is 2.85. The Morgan fingerprint density at radius 2 is 1.84 bits per heavy atom. The predicted molar refractivity (Wildman–Crippen MR) is 102 cm³/mol. The van der Waals surface area contributed by atoms with E-state index >= 15 is 0 Å². The van der Waals surface area contributed by atoms with Gasteiger partial charge in [0.25, 0.3) is 0 Å². The van der Waals surface area contributed by atoms with E-state index in [2.05, 4.69) is 50.0 Å². The van der Waals surface area contributed by atoms with E-state index in [-0.39, 0.29) is 0 Å². The van der Waals surface area contributed by atoms with E-state index in [0.29, 0.717) is 0 Å². The van der Waals surface area contributed by atoms with Crippen LogP contribution in [0.4, 0.5) is 11.6 Å². The van der Waals surface area contributed by atoms with Crippen LogP contribution in [0.2, 0.25) is 0 Å². The highest BCUT2D eigenvalue weighted by Gasteiger charge is 2.04. The molecule has 0 aliphatic heterocycles. The minimum atomic E-state index is 0.743. The molecule has 0 bridgehead atoms. The molecule has 0 fully saturated rings. The second kappa shape index (κ2) is 8.48. The van der Waals surface area contributed by atoms with Crippen molar-refractivity contribution < 1.29 is 4.74 Å². The monoisotopic (exact) mass is 339 g/mol. The highest BCUT2D eigenvalue weighted by atomic mass is 16.5. The Kier molecular flexibility index (Phi) is 5.85. The summed E-state index contributed by atoms with van der Waals surface area (Å²) >= 11 is 0.